The lowest BCUT2D eigenvalue weighted by molar-refractivity contribution is 0.304. The summed E-state index contributed by atoms with van der Waals surface area (Å²) in [4.78, 5) is 0. The molecule has 1 aliphatic rings. The second-order valence-electron chi connectivity index (χ2n) is 7.76. The second-order valence-corrected chi connectivity index (χ2v) is 11.0. The van der Waals surface area contributed by atoms with Gasteiger partial charge in [-0.05, 0) is 105 Å². The number of hydrogen-bond acceptors (Lipinski definition) is 7. The Labute approximate surface area is 197 Å². The molecule has 1 saturated carbocycles. The fourth-order valence-corrected chi connectivity index (χ4v) is 7.11. The van der Waals surface area contributed by atoms with Crippen molar-refractivity contribution in [3.05, 3.63) is 29.8 Å². The van der Waals surface area contributed by atoms with Gasteiger partial charge in [0.1, 0.15) is 5.75 Å². The van der Waals surface area contributed by atoms with Gasteiger partial charge >= 0.3 is 8.56 Å². The summed E-state index contributed by atoms with van der Waals surface area (Å²) >= 11 is 14.2. The maximum Gasteiger partial charge on any atom is 0.461 e. The number of ether oxygens (including phenoxy) is 1. The monoisotopic (exact) mass is 475 g/mol. The van der Waals surface area contributed by atoms with Gasteiger partial charge in [0.2, 0.25) is 0 Å². The Morgan fingerprint density at radius 2 is 1.53 bits per heavy atom. The van der Waals surface area contributed by atoms with E-state index in [4.69, 9.17) is 41.4 Å². The van der Waals surface area contributed by atoms with E-state index in [2.05, 4.69) is 60.6 Å². The van der Waals surface area contributed by atoms with Crippen LogP contribution in [-0.4, -0.2) is 30.6 Å². The molecule has 4 nitrogen and oxygen atoms in total. The van der Waals surface area contributed by atoms with Gasteiger partial charge in [-0.1, -0.05) is 31.9 Å². The molecular formula is C22H29N3OS3Si. The van der Waals surface area contributed by atoms with Crippen molar-refractivity contribution < 1.29 is 4.74 Å². The molecule has 1 aromatic carbocycles. The molecule has 160 valence electrons. The zero-order valence-electron chi connectivity index (χ0n) is 17.5. The van der Waals surface area contributed by atoms with E-state index in [9.17, 15) is 0 Å². The van der Waals surface area contributed by atoms with E-state index in [1.807, 2.05) is 0 Å². The van der Waals surface area contributed by atoms with E-state index in [0.29, 0.717) is 18.6 Å². The predicted octanol–water partition coefficient (Wildman–Crippen LogP) is 7.17. The van der Waals surface area contributed by atoms with E-state index in [0.717, 1.165) is 24.5 Å². The summed E-state index contributed by atoms with van der Waals surface area (Å²) < 4.78 is 18.3. The first-order valence-corrected chi connectivity index (χ1v) is 13.9. The number of thiocarbonyl (C=S) groups is 3. The van der Waals surface area contributed by atoms with Gasteiger partial charge in [0.25, 0.3) is 0 Å². The first-order chi connectivity index (χ1) is 14.7. The molecule has 2 rings (SSSR count). The third kappa shape index (κ3) is 8.05. The van der Waals surface area contributed by atoms with E-state index < -0.39 is 8.56 Å². The minimum absolute atomic E-state index is 0.621. The van der Waals surface area contributed by atoms with Crippen LogP contribution >= 0.6 is 36.7 Å². The third-order valence-electron chi connectivity index (χ3n) is 5.74. The molecule has 0 bridgehead atoms. The van der Waals surface area contributed by atoms with Crippen molar-refractivity contribution in [2.45, 2.75) is 70.3 Å². The molecule has 0 radical (unpaired) electrons. The van der Waals surface area contributed by atoms with Crippen molar-refractivity contribution in [1.82, 2.24) is 0 Å². The summed E-state index contributed by atoms with van der Waals surface area (Å²) in [5.41, 5.74) is 1.45. The summed E-state index contributed by atoms with van der Waals surface area (Å²) in [6, 6.07) is 9.28. The lowest BCUT2D eigenvalue weighted by Gasteiger charge is -2.28. The highest BCUT2D eigenvalue weighted by atomic mass is 32.1. The van der Waals surface area contributed by atoms with Gasteiger partial charge in [0.05, 0.1) is 22.1 Å². The van der Waals surface area contributed by atoms with Gasteiger partial charge in [-0.3, -0.25) is 0 Å². The Morgan fingerprint density at radius 1 is 0.933 bits per heavy atom. The molecule has 0 N–H and O–H groups in total. The van der Waals surface area contributed by atoms with Crippen LogP contribution in [0.1, 0.15) is 69.8 Å². The van der Waals surface area contributed by atoms with Crippen LogP contribution in [-0.2, 0) is 0 Å². The Bertz CT molecular complexity index is 760. The molecule has 0 unspecified atom stereocenters. The number of isothiocyanates is 3. The van der Waals surface area contributed by atoms with E-state index in [1.165, 1.54) is 44.1 Å². The first-order valence-electron chi connectivity index (χ1n) is 10.7. The number of hydrogen-bond donors (Lipinski definition) is 0. The van der Waals surface area contributed by atoms with Gasteiger partial charge in [-0.15, -0.1) is 0 Å². The van der Waals surface area contributed by atoms with Crippen LogP contribution in [0.3, 0.4) is 0 Å². The summed E-state index contributed by atoms with van der Waals surface area (Å²) in [7, 11) is -2.79. The molecule has 30 heavy (non-hydrogen) atoms. The minimum Gasteiger partial charge on any atom is -0.494 e. The fourth-order valence-electron chi connectivity index (χ4n) is 4.15. The number of unbranched alkanes of at least 4 members (excludes halogenated alkanes) is 1. The highest BCUT2D eigenvalue weighted by molar-refractivity contribution is 7.78. The molecule has 8 heteroatoms. The van der Waals surface area contributed by atoms with Crippen LogP contribution in [0.2, 0.25) is 6.04 Å². The molecule has 1 fully saturated rings. The van der Waals surface area contributed by atoms with Crippen molar-refractivity contribution in [1.29, 1.82) is 0 Å². The molecule has 0 spiro atoms. The van der Waals surface area contributed by atoms with E-state index in [1.54, 1.807) is 0 Å². The lowest BCUT2D eigenvalue weighted by Crippen LogP contribution is -2.27. The Hall–Kier alpha value is -1.36. The second kappa shape index (κ2) is 13.8. The minimum atomic E-state index is -2.79. The average molecular weight is 476 g/mol. The zero-order chi connectivity index (χ0) is 21.7. The Kier molecular flexibility index (Phi) is 11.5. The van der Waals surface area contributed by atoms with Crippen molar-refractivity contribution in [2.75, 3.05) is 6.61 Å². The SMILES string of the molecule is CCCC1CCC(c2ccc(OCCCC[Si](N=C=S)(N=C=S)N=C=S)cc2)CC1. The maximum absolute atomic E-state index is 5.91. The molecule has 0 saturated heterocycles. The molecule has 0 atom stereocenters. The summed E-state index contributed by atoms with van der Waals surface area (Å²) in [5, 5.41) is 7.09. The smallest absolute Gasteiger partial charge is 0.461 e. The molecule has 1 aliphatic carbocycles. The predicted molar refractivity (Wildman–Crippen MR) is 136 cm³/mol. The number of benzene rings is 1. The zero-order valence-corrected chi connectivity index (χ0v) is 21.0. The summed E-state index contributed by atoms with van der Waals surface area (Å²) in [6.07, 6.45) is 9.74. The van der Waals surface area contributed by atoms with Crippen molar-refractivity contribution in [3.63, 3.8) is 0 Å². The summed E-state index contributed by atoms with van der Waals surface area (Å²) in [5.74, 6) is 2.55. The average Bonchev–Trinajstić information content (AvgIpc) is 2.75. The van der Waals surface area contributed by atoms with Crippen LogP contribution in [0, 0.1) is 5.92 Å². The van der Waals surface area contributed by atoms with Gasteiger partial charge in [0.15, 0.2) is 0 Å². The molecule has 0 aliphatic heterocycles. The Balaban J connectivity index is 1.77. The Morgan fingerprint density at radius 3 is 2.07 bits per heavy atom. The fraction of sp³-hybridized carbons (Fsp3) is 0.591. The van der Waals surface area contributed by atoms with Crippen LogP contribution in [0.4, 0.5) is 0 Å². The van der Waals surface area contributed by atoms with Crippen LogP contribution in [0.5, 0.6) is 5.75 Å². The highest BCUT2D eigenvalue weighted by Gasteiger charge is 2.33. The third-order valence-corrected chi connectivity index (χ3v) is 8.94. The highest BCUT2D eigenvalue weighted by Crippen LogP contribution is 2.37. The molecule has 0 amide bonds. The topological polar surface area (TPSA) is 46.3 Å². The molecule has 0 heterocycles. The standard InChI is InChI=1S/C22H29N3OS3Si/c1-2-5-19-6-8-20(9-7-19)21-10-12-22(13-11-21)26-14-3-4-15-30(23-16-27,24-17-28)25-18-29/h10-13,19-20H,2-9,14-15H2,1H3. The van der Waals surface area contributed by atoms with E-state index in [-0.39, 0.29) is 0 Å². The largest absolute Gasteiger partial charge is 0.494 e. The lowest BCUT2D eigenvalue weighted by atomic mass is 9.77. The molecular weight excluding hydrogens is 447 g/mol. The van der Waals surface area contributed by atoms with Crippen molar-refractivity contribution >= 4 is 60.7 Å². The van der Waals surface area contributed by atoms with Gasteiger partial charge in [0, 0.05) is 6.04 Å². The van der Waals surface area contributed by atoms with Crippen molar-refractivity contribution in [3.8, 4) is 5.75 Å². The van der Waals surface area contributed by atoms with Gasteiger partial charge < -0.3 is 4.74 Å². The van der Waals surface area contributed by atoms with E-state index >= 15 is 0 Å². The van der Waals surface area contributed by atoms with Crippen LogP contribution in [0.25, 0.3) is 0 Å². The maximum atomic E-state index is 5.91. The normalized spacial score (nSPS) is 20.0. The van der Waals surface area contributed by atoms with Crippen LogP contribution in [0.15, 0.2) is 38.2 Å². The molecule has 1 aromatic rings. The molecule has 0 aromatic heterocycles. The first kappa shape index (κ1) is 24.9. The summed E-state index contributed by atoms with van der Waals surface area (Å²) in [6.45, 7) is 2.91. The number of rotatable bonds is 12. The van der Waals surface area contributed by atoms with Gasteiger partial charge in [-0.25, -0.2) is 14.0 Å². The van der Waals surface area contributed by atoms with Gasteiger partial charge in [-0.2, -0.15) is 0 Å². The quantitative estimate of drug-likeness (QED) is 0.139. The van der Waals surface area contributed by atoms with Crippen LogP contribution < -0.4 is 4.74 Å². The van der Waals surface area contributed by atoms with Crippen molar-refractivity contribution in [2.24, 2.45) is 19.9 Å². The number of nitrogens with zero attached hydrogens (tertiary/aromatic N) is 3.